The summed E-state index contributed by atoms with van der Waals surface area (Å²) in [7, 11) is 0. The molecule has 3 atom stereocenters. The number of hydrogen-bond donors (Lipinski definition) is 8. The normalized spacial score (nSPS) is 13.2. The summed E-state index contributed by atoms with van der Waals surface area (Å²) in [5.41, 5.74) is 16.4. The van der Waals surface area contributed by atoms with Crippen molar-refractivity contribution in [2.75, 3.05) is 19.7 Å². The highest BCUT2D eigenvalue weighted by molar-refractivity contribution is 5.93. The second kappa shape index (κ2) is 14.4. The van der Waals surface area contributed by atoms with E-state index < -0.39 is 55.0 Å². The van der Waals surface area contributed by atoms with Crippen molar-refractivity contribution in [2.45, 2.75) is 37.4 Å². The topological polar surface area (TPSA) is 235 Å². The number of nitrogens with one attached hydrogen (secondary N) is 3. The molecule has 0 aliphatic carbocycles. The molecule has 3 amide bonds. The van der Waals surface area contributed by atoms with Gasteiger partial charge in [-0.2, -0.15) is 0 Å². The molecule has 0 bridgehead atoms. The van der Waals surface area contributed by atoms with E-state index in [0.29, 0.717) is 5.56 Å². The van der Waals surface area contributed by atoms with Crippen LogP contribution in [0, 0.1) is 0 Å². The molecule has 0 saturated carbocycles. The maximum atomic E-state index is 12.9. The molecule has 0 saturated heterocycles. The largest absolute Gasteiger partial charge is 0.480 e. The zero-order valence-electron chi connectivity index (χ0n) is 18.1. The molecule has 0 heterocycles. The number of benzene rings is 1. The van der Waals surface area contributed by atoms with E-state index in [9.17, 15) is 29.4 Å². The van der Waals surface area contributed by atoms with Gasteiger partial charge < -0.3 is 43.4 Å². The van der Waals surface area contributed by atoms with Gasteiger partial charge in [-0.3, -0.25) is 19.4 Å². The van der Waals surface area contributed by atoms with Gasteiger partial charge in [0.2, 0.25) is 17.7 Å². The Labute approximate surface area is 190 Å². The number of aliphatic hydroxyl groups excluding tert-OH is 1. The average Bonchev–Trinajstić information content (AvgIpc) is 2.78. The Bertz CT molecular complexity index is 829. The lowest BCUT2D eigenvalue weighted by atomic mass is 10.0. The maximum absolute atomic E-state index is 12.9. The molecule has 0 aliphatic heterocycles. The lowest BCUT2D eigenvalue weighted by molar-refractivity contribution is -0.142. The SMILES string of the molecule is NCC(=O)NC(CO)C(=O)NC(CCCN=C(N)N)C(=O)NC(Cc1ccccc1)C(=O)O. The molecule has 1 aromatic rings. The predicted octanol–water partition coefficient (Wildman–Crippen LogP) is -3.23. The van der Waals surface area contributed by atoms with Crippen LogP contribution in [-0.4, -0.2) is 77.7 Å². The van der Waals surface area contributed by atoms with Gasteiger partial charge in [-0.1, -0.05) is 30.3 Å². The number of nitrogens with two attached hydrogens (primary N) is 3. The summed E-state index contributed by atoms with van der Waals surface area (Å²) in [4.78, 5) is 52.3. The summed E-state index contributed by atoms with van der Waals surface area (Å²) in [6.07, 6.45) is 0.378. The van der Waals surface area contributed by atoms with Gasteiger partial charge in [-0.05, 0) is 18.4 Å². The highest BCUT2D eigenvalue weighted by Gasteiger charge is 2.29. The van der Waals surface area contributed by atoms with Crippen LogP contribution in [0.4, 0.5) is 0 Å². The number of carbonyl (C=O) groups is 4. The second-order valence-corrected chi connectivity index (χ2v) is 7.11. The van der Waals surface area contributed by atoms with Crippen LogP contribution < -0.4 is 33.2 Å². The van der Waals surface area contributed by atoms with Crippen LogP contribution in [0.15, 0.2) is 35.3 Å². The van der Waals surface area contributed by atoms with Crippen LogP contribution >= 0.6 is 0 Å². The number of hydrogen-bond acceptors (Lipinski definition) is 7. The van der Waals surface area contributed by atoms with E-state index in [1.165, 1.54) is 0 Å². The molecular formula is C20H31N7O6. The second-order valence-electron chi connectivity index (χ2n) is 7.11. The number of carboxylic acids is 1. The summed E-state index contributed by atoms with van der Waals surface area (Å²) in [5, 5.41) is 26.0. The predicted molar refractivity (Wildman–Crippen MR) is 120 cm³/mol. The first-order valence-electron chi connectivity index (χ1n) is 10.2. The van der Waals surface area contributed by atoms with Crippen molar-refractivity contribution in [3.63, 3.8) is 0 Å². The monoisotopic (exact) mass is 465 g/mol. The average molecular weight is 466 g/mol. The fourth-order valence-electron chi connectivity index (χ4n) is 2.81. The van der Waals surface area contributed by atoms with Crippen molar-refractivity contribution in [2.24, 2.45) is 22.2 Å². The first-order chi connectivity index (χ1) is 15.7. The quantitative estimate of drug-likeness (QED) is 0.0782. The molecule has 13 nitrogen and oxygen atoms in total. The molecule has 1 aromatic carbocycles. The molecule has 11 N–H and O–H groups in total. The van der Waals surface area contributed by atoms with Gasteiger partial charge in [0.05, 0.1) is 13.2 Å². The first kappa shape index (κ1) is 27.3. The number of carbonyl (C=O) groups excluding carboxylic acids is 3. The van der Waals surface area contributed by atoms with Crippen molar-refractivity contribution in [1.29, 1.82) is 0 Å². The Morgan fingerprint density at radius 1 is 0.939 bits per heavy atom. The molecule has 0 aromatic heterocycles. The van der Waals surface area contributed by atoms with E-state index >= 15 is 0 Å². The molecule has 1 rings (SSSR count). The molecule has 0 fully saturated rings. The lowest BCUT2D eigenvalue weighted by Crippen LogP contribution is -2.57. The molecule has 33 heavy (non-hydrogen) atoms. The van der Waals surface area contributed by atoms with Crippen LogP contribution in [0.1, 0.15) is 18.4 Å². The van der Waals surface area contributed by atoms with Gasteiger partial charge in [0.15, 0.2) is 5.96 Å². The van der Waals surface area contributed by atoms with Crippen molar-refractivity contribution < 1.29 is 29.4 Å². The minimum absolute atomic E-state index is 0.0302. The van der Waals surface area contributed by atoms with Gasteiger partial charge in [-0.15, -0.1) is 0 Å². The van der Waals surface area contributed by atoms with Crippen LogP contribution in [0.25, 0.3) is 0 Å². The van der Waals surface area contributed by atoms with Gasteiger partial charge in [-0.25, -0.2) is 4.79 Å². The number of rotatable bonds is 14. The van der Waals surface area contributed by atoms with Crippen molar-refractivity contribution >= 4 is 29.7 Å². The van der Waals surface area contributed by atoms with Crippen LogP contribution in [0.2, 0.25) is 0 Å². The zero-order valence-corrected chi connectivity index (χ0v) is 18.1. The number of aliphatic hydroxyl groups is 1. The van der Waals surface area contributed by atoms with Crippen molar-refractivity contribution in [3.8, 4) is 0 Å². The summed E-state index contributed by atoms with van der Waals surface area (Å²) < 4.78 is 0. The number of guanidine groups is 1. The van der Waals surface area contributed by atoms with Gasteiger partial charge in [0.1, 0.15) is 18.1 Å². The minimum atomic E-state index is -1.34. The van der Waals surface area contributed by atoms with Gasteiger partial charge in [0.25, 0.3) is 0 Å². The third kappa shape index (κ3) is 10.4. The molecular weight excluding hydrogens is 434 g/mol. The van der Waals surface area contributed by atoms with E-state index in [0.717, 1.165) is 0 Å². The molecule has 3 unspecified atom stereocenters. The highest BCUT2D eigenvalue weighted by Crippen LogP contribution is 2.06. The number of aliphatic carboxylic acids is 1. The standard InChI is InChI=1S/C20H31N7O6/c21-10-16(29)25-15(11-28)18(31)26-13(7-4-8-24-20(22)23)17(30)27-14(19(32)33)9-12-5-2-1-3-6-12/h1-3,5-6,13-15,28H,4,7-11,21H2,(H,25,29)(H,26,31)(H,27,30)(H,32,33)(H4,22,23,24). The van der Waals surface area contributed by atoms with Crippen molar-refractivity contribution in [3.05, 3.63) is 35.9 Å². The number of nitrogens with zero attached hydrogens (tertiary/aromatic N) is 1. The Hall–Kier alpha value is -3.71. The third-order valence-electron chi connectivity index (χ3n) is 4.50. The molecule has 0 spiro atoms. The van der Waals surface area contributed by atoms with E-state index in [1.54, 1.807) is 30.3 Å². The Balaban J connectivity index is 2.93. The number of amides is 3. The Morgan fingerprint density at radius 2 is 1.55 bits per heavy atom. The number of carboxylic acid groups (broad SMARTS) is 1. The summed E-state index contributed by atoms with van der Waals surface area (Å²) in [6, 6.07) is 4.96. The third-order valence-corrected chi connectivity index (χ3v) is 4.50. The molecule has 13 heteroatoms. The zero-order chi connectivity index (χ0) is 24.8. The fourth-order valence-corrected chi connectivity index (χ4v) is 2.81. The maximum Gasteiger partial charge on any atom is 0.326 e. The van der Waals surface area contributed by atoms with E-state index in [-0.39, 0.29) is 31.8 Å². The molecule has 182 valence electrons. The molecule has 0 aliphatic rings. The Morgan fingerprint density at radius 3 is 2.09 bits per heavy atom. The summed E-state index contributed by atoms with van der Waals surface area (Å²) in [6.45, 7) is -0.959. The van der Waals surface area contributed by atoms with Crippen LogP contribution in [0.3, 0.4) is 0 Å². The van der Waals surface area contributed by atoms with Crippen LogP contribution in [0.5, 0.6) is 0 Å². The van der Waals surface area contributed by atoms with Crippen LogP contribution in [-0.2, 0) is 25.6 Å². The smallest absolute Gasteiger partial charge is 0.326 e. The Kier molecular flexibility index (Phi) is 11.9. The highest BCUT2D eigenvalue weighted by atomic mass is 16.4. The first-order valence-corrected chi connectivity index (χ1v) is 10.2. The summed E-state index contributed by atoms with van der Waals surface area (Å²) in [5.74, 6) is -3.65. The van der Waals surface area contributed by atoms with Gasteiger partial charge >= 0.3 is 5.97 Å². The van der Waals surface area contributed by atoms with E-state index in [2.05, 4.69) is 20.9 Å². The lowest BCUT2D eigenvalue weighted by Gasteiger charge is -2.24. The number of aliphatic imine (C=N–C) groups is 1. The minimum Gasteiger partial charge on any atom is -0.480 e. The van der Waals surface area contributed by atoms with E-state index in [1.807, 2.05) is 0 Å². The summed E-state index contributed by atoms with van der Waals surface area (Å²) >= 11 is 0. The fraction of sp³-hybridized carbons (Fsp3) is 0.450. The van der Waals surface area contributed by atoms with Gasteiger partial charge in [0, 0.05) is 13.0 Å². The van der Waals surface area contributed by atoms with Crippen molar-refractivity contribution in [1.82, 2.24) is 16.0 Å². The van der Waals surface area contributed by atoms with E-state index in [4.69, 9.17) is 17.2 Å². The molecule has 0 radical (unpaired) electrons.